The van der Waals surface area contributed by atoms with E-state index in [0.717, 1.165) is 52.4 Å². The highest BCUT2D eigenvalue weighted by Gasteiger charge is 2.51. The highest BCUT2D eigenvalue weighted by Crippen LogP contribution is 2.47. The molecule has 19 nitrogen and oxygen atoms in total. The number of hydrogen-bond donors (Lipinski definition) is 9. The van der Waals surface area contributed by atoms with Crippen molar-refractivity contribution in [1.82, 2.24) is 25.5 Å². The molecule has 262 valence electrons. The van der Waals surface area contributed by atoms with Crippen LogP contribution in [0.25, 0.3) is 0 Å². The number of carboxylic acids is 2. The summed E-state index contributed by atoms with van der Waals surface area (Å²) >= 11 is 1.84. The van der Waals surface area contributed by atoms with Crippen LogP contribution in [0.1, 0.15) is 48.1 Å². The van der Waals surface area contributed by atoms with Gasteiger partial charge in [-0.1, -0.05) is 11.2 Å². The Morgan fingerprint density at radius 1 is 1.12 bits per heavy atom. The third-order valence-electron chi connectivity index (χ3n) is 7.38. The Hall–Kier alpha value is -6.09. The number of benzene rings is 1. The van der Waals surface area contributed by atoms with Crippen LogP contribution in [-0.2, 0) is 24.0 Å². The number of phenolic OH excluding ortho intramolecular Hbond substituents is 2. The second kappa shape index (κ2) is 13.4. The van der Waals surface area contributed by atoms with Crippen LogP contribution in [0.4, 0.5) is 5.13 Å². The summed E-state index contributed by atoms with van der Waals surface area (Å²) in [6.07, 6.45) is 0.732. The molecule has 3 amide bonds. The number of amides is 3. The molecule has 5 rings (SSSR count). The molecule has 10 N–H and O–H groups in total. The summed E-state index contributed by atoms with van der Waals surface area (Å²) in [4.78, 5) is 89.4. The number of anilines is 1. The molecule has 1 fully saturated rings. The Kier molecular flexibility index (Phi) is 9.46. The number of β-lactam (4-membered cyclic amide) rings is 1. The summed E-state index contributed by atoms with van der Waals surface area (Å²) in [5.74, 6) is -7.65. The molecule has 0 spiro atoms. The van der Waals surface area contributed by atoms with Gasteiger partial charge in [0, 0.05) is 23.2 Å². The first-order valence-corrected chi connectivity index (χ1v) is 16.0. The molecule has 2 unspecified atom stereocenters. The van der Waals surface area contributed by atoms with Crippen LogP contribution in [-0.4, -0.2) is 92.1 Å². The summed E-state index contributed by atoms with van der Waals surface area (Å²) in [5, 5.41) is 58.0. The first-order valence-electron chi connectivity index (χ1n) is 14.2. The van der Waals surface area contributed by atoms with Crippen LogP contribution < -0.4 is 21.8 Å². The normalized spacial score (nSPS) is 18.1. The molecule has 1 saturated heterocycles. The standard InChI is InChI=1S/C29H27N7O12S2/c1-29(2,27(46)47)48-35-21(12-9-49-28(30)32-12)24(43)34-25-19(22(26(44)45)36-17(41)7-18(36)50-25)20(10-3-4-13(37)14(38)5-10)33-23(42)11-6-15(39)16(40)8-31-11/h3-6,8-9,18,20,25,37-38,40H,7H2,1-2H3,(H2,30,32)(H,31,39)(H,33,42)(H,34,43)(H,44,45)(H,46,47)/t18-,20?,25?/m0/s1. The van der Waals surface area contributed by atoms with E-state index in [1.165, 1.54) is 25.3 Å². The Balaban J connectivity index is 1.65. The number of phenols is 2. The molecule has 0 aliphatic carbocycles. The number of nitrogens with two attached hydrogens (primary N) is 1. The summed E-state index contributed by atoms with van der Waals surface area (Å²) in [5.41, 5.74) is 0.888. The number of thiazole rings is 1. The number of nitrogens with zero attached hydrogens (tertiary/aromatic N) is 3. The fraction of sp³-hybridized carbons (Fsp3) is 0.241. The van der Waals surface area contributed by atoms with Gasteiger partial charge in [-0.25, -0.2) is 14.6 Å². The number of carboxylic acid groups (broad SMARTS) is 2. The van der Waals surface area contributed by atoms with Gasteiger partial charge in [0.15, 0.2) is 28.1 Å². The minimum absolute atomic E-state index is 0.0181. The van der Waals surface area contributed by atoms with E-state index in [2.05, 4.69) is 25.8 Å². The quantitative estimate of drug-likeness (QED) is 0.0557. The number of oxime groups is 1. The Bertz CT molecular complexity index is 2060. The second-order valence-corrected chi connectivity index (χ2v) is 13.4. The molecule has 1 aromatic carbocycles. The van der Waals surface area contributed by atoms with Crippen LogP contribution in [0.2, 0.25) is 0 Å². The average Bonchev–Trinajstić information content (AvgIpc) is 3.47. The molecule has 4 heterocycles. The van der Waals surface area contributed by atoms with Gasteiger partial charge in [0.25, 0.3) is 11.8 Å². The van der Waals surface area contributed by atoms with Crippen LogP contribution in [0.5, 0.6) is 17.2 Å². The lowest BCUT2D eigenvalue weighted by Gasteiger charge is -2.48. The Morgan fingerprint density at radius 2 is 1.84 bits per heavy atom. The van der Waals surface area contributed by atoms with E-state index in [-0.39, 0.29) is 34.1 Å². The zero-order valence-electron chi connectivity index (χ0n) is 25.7. The third-order valence-corrected chi connectivity index (χ3v) is 9.39. The lowest BCUT2D eigenvalue weighted by atomic mass is 9.93. The largest absolute Gasteiger partial charge is 0.504 e. The SMILES string of the molecule is CC(C)(ON=C(C(=O)NC1S[C@H]2CC(=O)N2C(C(=O)O)=C1C(NC(=O)c1cc(=O)c(O)c[nH]1)c1ccc(O)c(O)c1)c1csc(N)n1)C(=O)O. The Morgan fingerprint density at radius 3 is 2.42 bits per heavy atom. The number of aromatic hydroxyl groups is 3. The zero-order valence-corrected chi connectivity index (χ0v) is 27.4. The van der Waals surface area contributed by atoms with Gasteiger partial charge < -0.3 is 51.7 Å². The molecule has 2 aliphatic heterocycles. The first-order chi connectivity index (χ1) is 23.5. The molecule has 0 saturated carbocycles. The predicted molar refractivity (Wildman–Crippen MR) is 174 cm³/mol. The van der Waals surface area contributed by atoms with Crippen molar-refractivity contribution in [1.29, 1.82) is 0 Å². The maximum atomic E-state index is 13.9. The third kappa shape index (κ3) is 6.89. The van der Waals surface area contributed by atoms with Gasteiger partial charge in [-0.05, 0) is 31.5 Å². The maximum Gasteiger partial charge on any atom is 0.352 e. The number of pyridine rings is 1. The van der Waals surface area contributed by atoms with Gasteiger partial charge in [0.1, 0.15) is 22.5 Å². The van der Waals surface area contributed by atoms with Crippen molar-refractivity contribution in [3.8, 4) is 17.2 Å². The van der Waals surface area contributed by atoms with Crippen molar-refractivity contribution in [3.05, 3.63) is 74.3 Å². The van der Waals surface area contributed by atoms with Gasteiger partial charge in [0.2, 0.25) is 16.9 Å². The molecular formula is C29H27N7O12S2. The van der Waals surface area contributed by atoms with Crippen molar-refractivity contribution in [2.75, 3.05) is 5.73 Å². The van der Waals surface area contributed by atoms with Crippen LogP contribution in [0.3, 0.4) is 0 Å². The molecule has 50 heavy (non-hydrogen) atoms. The van der Waals surface area contributed by atoms with E-state index in [0.29, 0.717) is 0 Å². The van der Waals surface area contributed by atoms with Crippen molar-refractivity contribution >= 4 is 63.6 Å². The molecule has 2 aliphatic rings. The van der Waals surface area contributed by atoms with Crippen molar-refractivity contribution in [3.63, 3.8) is 0 Å². The lowest BCUT2D eigenvalue weighted by Crippen LogP contribution is -2.59. The van der Waals surface area contributed by atoms with Crippen molar-refractivity contribution in [2.24, 2.45) is 5.16 Å². The van der Waals surface area contributed by atoms with E-state index in [1.54, 1.807) is 0 Å². The minimum atomic E-state index is -1.91. The van der Waals surface area contributed by atoms with E-state index in [1.807, 2.05) is 0 Å². The number of nitrogens with one attached hydrogen (secondary N) is 3. The number of aromatic nitrogens is 2. The monoisotopic (exact) mass is 729 g/mol. The summed E-state index contributed by atoms with van der Waals surface area (Å²) in [6.45, 7) is 2.34. The fourth-order valence-electron chi connectivity index (χ4n) is 4.74. The number of fused-ring (bicyclic) bond motifs is 1. The number of H-pyrrole nitrogens is 1. The van der Waals surface area contributed by atoms with Gasteiger partial charge in [-0.2, -0.15) is 0 Å². The highest BCUT2D eigenvalue weighted by atomic mass is 32.2. The number of aromatic amines is 1. The van der Waals surface area contributed by atoms with Gasteiger partial charge >= 0.3 is 11.9 Å². The molecule has 3 atom stereocenters. The smallest absolute Gasteiger partial charge is 0.352 e. The number of thioether (sulfide) groups is 1. The number of nitrogen functional groups attached to an aromatic ring is 1. The molecule has 21 heteroatoms. The van der Waals surface area contributed by atoms with Crippen LogP contribution >= 0.6 is 23.1 Å². The summed E-state index contributed by atoms with van der Waals surface area (Å²) in [7, 11) is 0. The zero-order chi connectivity index (χ0) is 36.7. The number of aliphatic carboxylic acids is 2. The summed E-state index contributed by atoms with van der Waals surface area (Å²) in [6, 6.07) is 2.46. The van der Waals surface area contributed by atoms with Crippen molar-refractivity contribution < 1.29 is 54.3 Å². The average molecular weight is 730 g/mol. The van der Waals surface area contributed by atoms with Gasteiger partial charge in [-0.15, -0.1) is 23.1 Å². The van der Waals surface area contributed by atoms with E-state index in [4.69, 9.17) is 10.6 Å². The molecule has 3 aromatic rings. The number of hydrogen-bond acceptors (Lipinski definition) is 15. The molecule has 0 radical (unpaired) electrons. The predicted octanol–water partition coefficient (Wildman–Crippen LogP) is 0.372. The molecule has 0 bridgehead atoms. The van der Waals surface area contributed by atoms with Gasteiger partial charge in [0.05, 0.1) is 17.8 Å². The minimum Gasteiger partial charge on any atom is -0.504 e. The lowest BCUT2D eigenvalue weighted by molar-refractivity contribution is -0.161. The van der Waals surface area contributed by atoms with Crippen LogP contribution in [0, 0.1) is 0 Å². The second-order valence-electron chi connectivity index (χ2n) is 11.2. The molecular weight excluding hydrogens is 702 g/mol. The Labute approximate surface area is 288 Å². The maximum absolute atomic E-state index is 13.9. The topological polar surface area (TPSA) is 307 Å². The number of carbonyl (C=O) groups excluding carboxylic acids is 3. The van der Waals surface area contributed by atoms with E-state index < -0.39 is 86.1 Å². The van der Waals surface area contributed by atoms with Crippen LogP contribution in [0.15, 0.2) is 57.1 Å². The molecule has 2 aromatic heterocycles. The fourth-order valence-corrected chi connectivity index (χ4v) is 6.75. The highest BCUT2D eigenvalue weighted by molar-refractivity contribution is 8.00. The van der Waals surface area contributed by atoms with Crippen molar-refractivity contribution in [2.45, 2.75) is 42.7 Å². The van der Waals surface area contributed by atoms with Gasteiger partial charge in [-0.3, -0.25) is 24.1 Å². The summed E-state index contributed by atoms with van der Waals surface area (Å²) < 4.78 is 0. The van der Waals surface area contributed by atoms with E-state index >= 15 is 0 Å². The first kappa shape index (κ1) is 35.2. The number of rotatable bonds is 11. The number of carbonyl (C=O) groups is 5. The van der Waals surface area contributed by atoms with E-state index in [9.17, 15) is 54.3 Å².